The van der Waals surface area contributed by atoms with Crippen molar-refractivity contribution < 1.29 is 13.2 Å². The number of aryl methyl sites for hydroxylation is 3. The van der Waals surface area contributed by atoms with Crippen molar-refractivity contribution in [2.75, 3.05) is 26.2 Å². The second-order valence-corrected chi connectivity index (χ2v) is 11.0. The van der Waals surface area contributed by atoms with Crippen molar-refractivity contribution in [3.05, 3.63) is 77.6 Å². The van der Waals surface area contributed by atoms with Gasteiger partial charge in [-0.1, -0.05) is 24.3 Å². The quantitative estimate of drug-likeness (QED) is 0.545. The molecule has 0 radical (unpaired) electrons. The molecule has 1 aliphatic carbocycles. The van der Waals surface area contributed by atoms with Crippen molar-refractivity contribution in [3.63, 3.8) is 0 Å². The molecule has 5 rings (SSSR count). The molecule has 0 atom stereocenters. The minimum atomic E-state index is -3.54. The van der Waals surface area contributed by atoms with E-state index in [1.165, 1.54) is 16.3 Å². The molecule has 178 valence electrons. The lowest BCUT2D eigenvalue weighted by Gasteiger charge is -2.34. The zero-order chi connectivity index (χ0) is 23.5. The number of benzene rings is 2. The Balaban J connectivity index is 1.15. The summed E-state index contributed by atoms with van der Waals surface area (Å²) in [4.78, 5) is 14.9. The molecule has 7 nitrogen and oxygen atoms in total. The molecule has 1 fully saturated rings. The number of aromatic nitrogens is 2. The highest BCUT2D eigenvalue weighted by Crippen LogP contribution is 2.26. The van der Waals surface area contributed by atoms with Gasteiger partial charge in [-0.15, -0.1) is 0 Å². The Labute approximate surface area is 201 Å². The number of sulfonamides is 1. The predicted octanol–water partition coefficient (Wildman–Crippen LogP) is 3.22. The van der Waals surface area contributed by atoms with E-state index in [0.717, 1.165) is 36.1 Å². The van der Waals surface area contributed by atoms with Crippen LogP contribution in [-0.4, -0.2) is 59.5 Å². The van der Waals surface area contributed by atoms with Crippen LogP contribution in [0.5, 0.6) is 0 Å². The number of hydrogen-bond acceptors (Lipinski definition) is 4. The maximum Gasteiger partial charge on any atom is 0.243 e. The molecule has 34 heavy (non-hydrogen) atoms. The molecule has 2 aliphatic rings. The van der Waals surface area contributed by atoms with E-state index in [-0.39, 0.29) is 5.91 Å². The molecular weight excluding hydrogens is 448 g/mol. The third-order valence-corrected chi connectivity index (χ3v) is 8.73. The standard InChI is InChI=1S/C26H30N4O3S/c31-26(13-10-21-19-27-30(20-21)24-8-2-1-3-9-24)28-14-16-29(17-15-28)34(32,33)25-12-11-22-6-4-5-7-23(22)18-25/h1-3,8-9,11-12,18-20H,4-7,10,13-17H2. The highest BCUT2D eigenvalue weighted by molar-refractivity contribution is 7.89. The van der Waals surface area contributed by atoms with Gasteiger partial charge in [0.25, 0.3) is 0 Å². The van der Waals surface area contributed by atoms with E-state index in [1.807, 2.05) is 53.3 Å². The number of fused-ring (bicyclic) bond motifs is 1. The monoisotopic (exact) mass is 478 g/mol. The maximum absolute atomic E-state index is 13.2. The fourth-order valence-electron chi connectivity index (χ4n) is 4.82. The maximum atomic E-state index is 13.2. The SMILES string of the molecule is O=C(CCc1cnn(-c2ccccc2)c1)N1CCN(S(=O)(=O)c2ccc3c(c2)CCCC3)CC1. The number of nitrogens with zero attached hydrogens (tertiary/aromatic N) is 4. The molecule has 8 heteroatoms. The number of hydrogen-bond donors (Lipinski definition) is 0. The van der Waals surface area contributed by atoms with Crippen LogP contribution in [-0.2, 0) is 34.1 Å². The molecule has 1 saturated heterocycles. The normalized spacial score (nSPS) is 16.9. The van der Waals surface area contributed by atoms with Gasteiger partial charge in [0.1, 0.15) is 0 Å². The summed E-state index contributed by atoms with van der Waals surface area (Å²) < 4.78 is 29.7. The van der Waals surface area contributed by atoms with Gasteiger partial charge >= 0.3 is 0 Å². The Morgan fingerprint density at radius 1 is 0.912 bits per heavy atom. The minimum absolute atomic E-state index is 0.0540. The van der Waals surface area contributed by atoms with Gasteiger partial charge in [0.2, 0.25) is 15.9 Å². The summed E-state index contributed by atoms with van der Waals surface area (Å²) in [6.07, 6.45) is 9.01. The van der Waals surface area contributed by atoms with Gasteiger partial charge in [0, 0.05) is 38.8 Å². The van der Waals surface area contributed by atoms with Gasteiger partial charge in [-0.25, -0.2) is 13.1 Å². The van der Waals surface area contributed by atoms with Gasteiger partial charge in [-0.2, -0.15) is 9.40 Å². The van der Waals surface area contributed by atoms with Gasteiger partial charge < -0.3 is 4.90 Å². The molecule has 3 aromatic rings. The van der Waals surface area contributed by atoms with Crippen LogP contribution < -0.4 is 0 Å². The first-order valence-corrected chi connectivity index (χ1v) is 13.4. The molecule has 1 aromatic heterocycles. The molecule has 0 N–H and O–H groups in total. The molecule has 1 amide bonds. The molecule has 0 bridgehead atoms. The summed E-state index contributed by atoms with van der Waals surface area (Å²) in [7, 11) is -3.54. The van der Waals surface area contributed by atoms with Gasteiger partial charge in [-0.3, -0.25) is 4.79 Å². The van der Waals surface area contributed by atoms with E-state index in [0.29, 0.717) is 43.9 Å². The highest BCUT2D eigenvalue weighted by Gasteiger charge is 2.30. The third-order valence-electron chi connectivity index (χ3n) is 6.83. The summed E-state index contributed by atoms with van der Waals surface area (Å²) in [5.74, 6) is 0.0540. The molecule has 0 spiro atoms. The average Bonchev–Trinajstić information content (AvgIpc) is 3.37. The first-order valence-electron chi connectivity index (χ1n) is 12.0. The molecule has 2 heterocycles. The number of amides is 1. The summed E-state index contributed by atoms with van der Waals surface area (Å²) in [6.45, 7) is 1.51. The topological polar surface area (TPSA) is 75.5 Å². The fraction of sp³-hybridized carbons (Fsp3) is 0.385. The van der Waals surface area contributed by atoms with Crippen molar-refractivity contribution >= 4 is 15.9 Å². The van der Waals surface area contributed by atoms with Crippen LogP contribution in [0.25, 0.3) is 5.69 Å². The van der Waals surface area contributed by atoms with Crippen LogP contribution in [0.1, 0.15) is 36.0 Å². The molecule has 0 saturated carbocycles. The lowest BCUT2D eigenvalue weighted by molar-refractivity contribution is -0.132. The highest BCUT2D eigenvalue weighted by atomic mass is 32.2. The first kappa shape index (κ1) is 22.8. The van der Waals surface area contributed by atoms with E-state index in [4.69, 9.17) is 0 Å². The first-order chi connectivity index (χ1) is 16.5. The Bertz CT molecular complexity index is 1260. The number of carbonyl (C=O) groups is 1. The van der Waals surface area contributed by atoms with Crippen molar-refractivity contribution in [2.24, 2.45) is 0 Å². The number of piperazine rings is 1. The fourth-order valence-corrected chi connectivity index (χ4v) is 6.29. The van der Waals surface area contributed by atoms with Crippen molar-refractivity contribution in [1.82, 2.24) is 19.0 Å². The Morgan fingerprint density at radius 2 is 1.65 bits per heavy atom. The van der Waals surface area contributed by atoms with Gasteiger partial charge in [-0.05, 0) is 73.1 Å². The summed E-state index contributed by atoms with van der Waals surface area (Å²) in [5, 5.41) is 4.39. The summed E-state index contributed by atoms with van der Waals surface area (Å²) in [6, 6.07) is 15.4. The van der Waals surface area contributed by atoms with Crippen molar-refractivity contribution in [1.29, 1.82) is 0 Å². The molecular formula is C26H30N4O3S. The van der Waals surface area contributed by atoms with E-state index < -0.39 is 10.0 Å². The molecule has 0 unspecified atom stereocenters. The second kappa shape index (κ2) is 9.72. The Hall–Kier alpha value is -2.97. The van der Waals surface area contributed by atoms with Gasteiger partial charge in [0.15, 0.2) is 0 Å². The molecule has 2 aromatic carbocycles. The lowest BCUT2D eigenvalue weighted by atomic mass is 9.92. The van der Waals surface area contributed by atoms with Crippen molar-refractivity contribution in [2.45, 2.75) is 43.4 Å². The largest absolute Gasteiger partial charge is 0.340 e. The van der Waals surface area contributed by atoms with E-state index in [9.17, 15) is 13.2 Å². The summed E-state index contributed by atoms with van der Waals surface area (Å²) >= 11 is 0. The Kier molecular flexibility index (Phi) is 6.52. The van der Waals surface area contributed by atoms with Gasteiger partial charge in [0.05, 0.1) is 16.8 Å². The second-order valence-electron chi connectivity index (χ2n) is 9.05. The minimum Gasteiger partial charge on any atom is -0.340 e. The van der Waals surface area contributed by atoms with Crippen LogP contribution in [0.3, 0.4) is 0 Å². The third kappa shape index (κ3) is 4.79. The van der Waals surface area contributed by atoms with E-state index >= 15 is 0 Å². The van der Waals surface area contributed by atoms with Crippen LogP contribution in [0.4, 0.5) is 0 Å². The van der Waals surface area contributed by atoms with E-state index in [2.05, 4.69) is 5.10 Å². The van der Waals surface area contributed by atoms with Crippen molar-refractivity contribution in [3.8, 4) is 5.69 Å². The smallest absolute Gasteiger partial charge is 0.243 e. The average molecular weight is 479 g/mol. The van der Waals surface area contributed by atoms with Crippen LogP contribution in [0.2, 0.25) is 0 Å². The lowest BCUT2D eigenvalue weighted by Crippen LogP contribution is -2.50. The number of rotatable bonds is 6. The predicted molar refractivity (Wildman–Crippen MR) is 130 cm³/mol. The zero-order valence-corrected chi connectivity index (χ0v) is 20.1. The van der Waals surface area contributed by atoms with Crippen LogP contribution in [0.15, 0.2) is 65.8 Å². The number of para-hydroxylation sites is 1. The van der Waals surface area contributed by atoms with Crippen LogP contribution in [0, 0.1) is 0 Å². The number of carbonyl (C=O) groups excluding carboxylic acids is 1. The Morgan fingerprint density at radius 3 is 2.41 bits per heavy atom. The van der Waals surface area contributed by atoms with Crippen LogP contribution >= 0.6 is 0 Å². The molecule has 1 aliphatic heterocycles. The summed E-state index contributed by atoms with van der Waals surface area (Å²) in [5.41, 5.74) is 4.42. The van der Waals surface area contributed by atoms with E-state index in [1.54, 1.807) is 17.2 Å². The zero-order valence-electron chi connectivity index (χ0n) is 19.3.